The van der Waals surface area contributed by atoms with Gasteiger partial charge in [-0.2, -0.15) is 5.26 Å². The Kier molecular flexibility index (Phi) is 3.58. The predicted octanol–water partition coefficient (Wildman–Crippen LogP) is 4.87. The molecule has 96 valence electrons. The molecule has 0 bridgehead atoms. The number of fused-ring (bicyclic) bond motifs is 1. The molecule has 0 amide bonds. The fraction of sp³-hybridized carbons (Fsp3) is 0.267. The van der Waals surface area contributed by atoms with E-state index in [0.29, 0.717) is 11.6 Å². The molecule has 0 saturated carbocycles. The first-order valence-electron chi connectivity index (χ1n) is 6.30. The number of hydrogen-bond donors (Lipinski definition) is 1. The van der Waals surface area contributed by atoms with Crippen LogP contribution in [0.25, 0.3) is 0 Å². The van der Waals surface area contributed by atoms with Crippen LogP contribution in [0.2, 0.25) is 0 Å². The lowest BCUT2D eigenvalue weighted by atomic mass is 9.93. The van der Waals surface area contributed by atoms with Crippen LogP contribution in [0.3, 0.4) is 0 Å². The van der Waals surface area contributed by atoms with Gasteiger partial charge < -0.3 is 5.32 Å². The molecule has 0 aliphatic heterocycles. The van der Waals surface area contributed by atoms with Crippen LogP contribution in [0.4, 0.5) is 5.69 Å². The van der Waals surface area contributed by atoms with Gasteiger partial charge in [0.2, 0.25) is 0 Å². The van der Waals surface area contributed by atoms with Gasteiger partial charge in [-0.3, -0.25) is 0 Å². The van der Waals surface area contributed by atoms with E-state index in [-0.39, 0.29) is 0 Å². The molecule has 1 aliphatic carbocycles. The molecule has 0 spiro atoms. The fourth-order valence-corrected chi connectivity index (χ4v) is 3.91. The van der Waals surface area contributed by atoms with Crippen molar-refractivity contribution < 1.29 is 0 Å². The van der Waals surface area contributed by atoms with Gasteiger partial charge in [0.25, 0.3) is 0 Å². The molecule has 2 aromatic rings. The monoisotopic (exact) mass is 332 g/mol. The number of halogens is 1. The zero-order valence-corrected chi connectivity index (χ0v) is 12.7. The Hall–Kier alpha value is -1.31. The van der Waals surface area contributed by atoms with Gasteiger partial charge >= 0.3 is 0 Å². The molecule has 4 heteroatoms. The van der Waals surface area contributed by atoms with Gasteiger partial charge in [0.05, 0.1) is 17.3 Å². The van der Waals surface area contributed by atoms with E-state index in [0.717, 1.165) is 16.6 Å². The maximum atomic E-state index is 9.19. The maximum Gasteiger partial charge on any atom is 0.101 e. The normalized spacial score (nSPS) is 17.6. The number of anilines is 1. The molecule has 0 radical (unpaired) electrons. The molecule has 1 aliphatic rings. The zero-order valence-electron chi connectivity index (χ0n) is 10.3. The lowest BCUT2D eigenvalue weighted by Gasteiger charge is -2.25. The van der Waals surface area contributed by atoms with E-state index in [4.69, 9.17) is 0 Å². The van der Waals surface area contributed by atoms with Gasteiger partial charge in [0.1, 0.15) is 6.07 Å². The highest BCUT2D eigenvalue weighted by atomic mass is 79.9. The lowest BCUT2D eigenvalue weighted by Crippen LogP contribution is -2.16. The van der Waals surface area contributed by atoms with Crippen molar-refractivity contribution in [3.63, 3.8) is 0 Å². The van der Waals surface area contributed by atoms with Crippen molar-refractivity contribution in [2.75, 3.05) is 5.32 Å². The van der Waals surface area contributed by atoms with Crippen LogP contribution in [0.5, 0.6) is 0 Å². The molecule has 2 nitrogen and oxygen atoms in total. The molecule has 1 heterocycles. The predicted molar refractivity (Wildman–Crippen MR) is 82.5 cm³/mol. The van der Waals surface area contributed by atoms with E-state index in [1.165, 1.54) is 23.3 Å². The minimum absolute atomic E-state index is 0.330. The standard InChI is InChI=1S/C15H13BrN2S/c16-11-5-4-10(9-17)14(8-11)18-13-2-1-3-15-12(13)6-7-19-15/h4-8,13,18H,1-3H2. The molecule has 0 saturated heterocycles. The van der Waals surface area contributed by atoms with Crippen molar-refractivity contribution in [3.05, 3.63) is 50.1 Å². The Bertz CT molecular complexity index is 642. The smallest absolute Gasteiger partial charge is 0.101 e. The zero-order chi connectivity index (χ0) is 13.2. The Morgan fingerprint density at radius 3 is 3.11 bits per heavy atom. The van der Waals surface area contributed by atoms with Crippen LogP contribution >= 0.6 is 27.3 Å². The van der Waals surface area contributed by atoms with Crippen molar-refractivity contribution in [1.29, 1.82) is 5.26 Å². The number of thiophene rings is 1. The number of nitrogens with one attached hydrogen (secondary N) is 1. The maximum absolute atomic E-state index is 9.19. The highest BCUT2D eigenvalue weighted by Gasteiger charge is 2.21. The number of hydrogen-bond acceptors (Lipinski definition) is 3. The molecule has 19 heavy (non-hydrogen) atoms. The second kappa shape index (κ2) is 5.36. The minimum atomic E-state index is 0.330. The second-order valence-electron chi connectivity index (χ2n) is 4.69. The summed E-state index contributed by atoms with van der Waals surface area (Å²) in [6, 6.07) is 10.5. The topological polar surface area (TPSA) is 35.8 Å². The number of nitrogens with zero attached hydrogens (tertiary/aromatic N) is 1. The molecule has 1 aromatic carbocycles. The molecule has 0 fully saturated rings. The number of benzene rings is 1. The van der Waals surface area contributed by atoms with Crippen LogP contribution in [-0.2, 0) is 6.42 Å². The van der Waals surface area contributed by atoms with Gasteiger partial charge in [-0.15, -0.1) is 11.3 Å². The van der Waals surface area contributed by atoms with E-state index in [1.807, 2.05) is 29.5 Å². The Morgan fingerprint density at radius 2 is 2.26 bits per heavy atom. The molecular formula is C15H13BrN2S. The number of nitriles is 1. The van der Waals surface area contributed by atoms with Gasteiger partial charge in [-0.05, 0) is 54.5 Å². The molecular weight excluding hydrogens is 320 g/mol. The van der Waals surface area contributed by atoms with Crippen LogP contribution in [0.1, 0.15) is 34.9 Å². The second-order valence-corrected chi connectivity index (χ2v) is 6.61. The third kappa shape index (κ3) is 2.54. The van der Waals surface area contributed by atoms with Crippen molar-refractivity contribution in [1.82, 2.24) is 0 Å². The number of rotatable bonds is 2. The summed E-state index contributed by atoms with van der Waals surface area (Å²) in [6.45, 7) is 0. The minimum Gasteiger partial charge on any atom is -0.377 e. The molecule has 3 rings (SSSR count). The lowest BCUT2D eigenvalue weighted by molar-refractivity contribution is 0.608. The first kappa shape index (κ1) is 12.7. The molecule has 1 unspecified atom stereocenters. The van der Waals surface area contributed by atoms with Crippen molar-refractivity contribution in [2.45, 2.75) is 25.3 Å². The number of aryl methyl sites for hydroxylation is 1. The van der Waals surface area contributed by atoms with Gasteiger partial charge in [0.15, 0.2) is 0 Å². The van der Waals surface area contributed by atoms with Crippen molar-refractivity contribution >= 4 is 33.0 Å². The summed E-state index contributed by atoms with van der Waals surface area (Å²) in [5.74, 6) is 0. The van der Waals surface area contributed by atoms with E-state index in [2.05, 4.69) is 38.8 Å². The average Bonchev–Trinajstić information content (AvgIpc) is 2.88. The highest BCUT2D eigenvalue weighted by molar-refractivity contribution is 9.10. The summed E-state index contributed by atoms with van der Waals surface area (Å²) in [7, 11) is 0. The summed E-state index contributed by atoms with van der Waals surface area (Å²) in [5, 5.41) is 14.9. The highest BCUT2D eigenvalue weighted by Crippen LogP contribution is 2.36. The van der Waals surface area contributed by atoms with E-state index < -0.39 is 0 Å². The van der Waals surface area contributed by atoms with Gasteiger partial charge in [-0.1, -0.05) is 15.9 Å². The summed E-state index contributed by atoms with van der Waals surface area (Å²) >= 11 is 5.31. The summed E-state index contributed by atoms with van der Waals surface area (Å²) < 4.78 is 0.996. The van der Waals surface area contributed by atoms with Crippen LogP contribution < -0.4 is 5.32 Å². The van der Waals surface area contributed by atoms with Crippen molar-refractivity contribution in [3.8, 4) is 6.07 Å². The van der Waals surface area contributed by atoms with Gasteiger partial charge in [0, 0.05) is 9.35 Å². The Balaban J connectivity index is 1.92. The average molecular weight is 333 g/mol. The Labute approximate surface area is 125 Å². The van der Waals surface area contributed by atoms with E-state index >= 15 is 0 Å². The quantitative estimate of drug-likeness (QED) is 0.851. The molecule has 1 atom stereocenters. The van der Waals surface area contributed by atoms with Crippen molar-refractivity contribution in [2.24, 2.45) is 0 Å². The summed E-state index contributed by atoms with van der Waals surface area (Å²) in [4.78, 5) is 1.48. The summed E-state index contributed by atoms with van der Waals surface area (Å²) in [5.41, 5.74) is 3.02. The van der Waals surface area contributed by atoms with Crippen LogP contribution in [0.15, 0.2) is 34.1 Å². The summed E-state index contributed by atoms with van der Waals surface area (Å²) in [6.07, 6.45) is 3.52. The fourth-order valence-electron chi connectivity index (χ4n) is 2.56. The van der Waals surface area contributed by atoms with Crippen LogP contribution in [-0.4, -0.2) is 0 Å². The molecule has 1 aromatic heterocycles. The molecule has 1 N–H and O–H groups in total. The van der Waals surface area contributed by atoms with E-state index in [9.17, 15) is 5.26 Å². The third-order valence-corrected chi connectivity index (χ3v) is 4.97. The van der Waals surface area contributed by atoms with E-state index in [1.54, 1.807) is 0 Å². The largest absolute Gasteiger partial charge is 0.377 e. The first-order valence-corrected chi connectivity index (χ1v) is 7.97. The third-order valence-electron chi connectivity index (χ3n) is 3.48. The van der Waals surface area contributed by atoms with Crippen LogP contribution in [0, 0.1) is 11.3 Å². The van der Waals surface area contributed by atoms with Gasteiger partial charge in [-0.25, -0.2) is 0 Å². The first-order chi connectivity index (χ1) is 9.28. The Morgan fingerprint density at radius 1 is 1.37 bits per heavy atom. The SMILES string of the molecule is N#Cc1ccc(Br)cc1NC1CCCc2sccc21.